The van der Waals surface area contributed by atoms with Gasteiger partial charge >= 0.3 is 0 Å². The lowest BCUT2D eigenvalue weighted by atomic mass is 9.93. The fraction of sp³-hybridized carbons (Fsp3) is 0.562. The Morgan fingerprint density at radius 1 is 1.35 bits per heavy atom. The van der Waals surface area contributed by atoms with Crippen LogP contribution in [0.3, 0.4) is 0 Å². The average Bonchev–Trinajstić information content (AvgIpc) is 2.53. The first-order chi connectivity index (χ1) is 10.6. The fourth-order valence-electron chi connectivity index (χ4n) is 2.86. The molecule has 1 aromatic rings. The maximum absolute atomic E-state index is 12.2. The highest BCUT2D eigenvalue weighted by Crippen LogP contribution is 2.21. The van der Waals surface area contributed by atoms with Crippen LogP contribution in [0.2, 0.25) is 0 Å². The number of nitrogens with zero attached hydrogens (tertiary/aromatic N) is 2. The quantitative estimate of drug-likeness (QED) is 0.637. The molecule has 7 heteroatoms. The lowest BCUT2D eigenvalue weighted by Gasteiger charge is -2.23. The summed E-state index contributed by atoms with van der Waals surface area (Å²) in [4.78, 5) is 24.4. The molecule has 1 aromatic carbocycles. The second-order valence-corrected chi connectivity index (χ2v) is 5.87. The first-order valence-corrected chi connectivity index (χ1v) is 7.75. The molecule has 23 heavy (non-hydrogen) atoms. The monoisotopic (exact) mass is 341 g/mol. The smallest absolute Gasteiger partial charge is 0.274 e. The maximum Gasteiger partial charge on any atom is 0.274 e. The number of piperidine rings is 1. The molecule has 0 bridgehead atoms. The van der Waals surface area contributed by atoms with Gasteiger partial charge in [-0.2, -0.15) is 0 Å². The average molecular weight is 342 g/mol. The van der Waals surface area contributed by atoms with Gasteiger partial charge in [0.05, 0.1) is 11.5 Å². The highest BCUT2D eigenvalue weighted by Gasteiger charge is 2.19. The molecule has 0 unspecified atom stereocenters. The van der Waals surface area contributed by atoms with Crippen LogP contribution in [0.15, 0.2) is 24.3 Å². The van der Waals surface area contributed by atoms with Gasteiger partial charge in [0, 0.05) is 25.1 Å². The van der Waals surface area contributed by atoms with Gasteiger partial charge in [0.1, 0.15) is 0 Å². The van der Waals surface area contributed by atoms with Crippen LogP contribution in [0.1, 0.15) is 31.2 Å². The zero-order valence-corrected chi connectivity index (χ0v) is 14.2. The van der Waals surface area contributed by atoms with Crippen LogP contribution in [0.4, 0.5) is 5.69 Å². The number of nitro groups is 1. The molecule has 1 amide bonds. The van der Waals surface area contributed by atoms with E-state index in [2.05, 4.69) is 5.32 Å². The molecule has 6 nitrogen and oxygen atoms in total. The number of para-hydroxylation sites is 1. The SMILES string of the molecule is CN(Cc1ccccc1[N+](=O)[O-])C(=O)CCC1CCNCC1.Cl. The number of halogens is 1. The van der Waals surface area contributed by atoms with Crippen molar-refractivity contribution < 1.29 is 9.72 Å². The summed E-state index contributed by atoms with van der Waals surface area (Å²) >= 11 is 0. The van der Waals surface area contributed by atoms with Crippen molar-refractivity contribution in [3.05, 3.63) is 39.9 Å². The summed E-state index contributed by atoms with van der Waals surface area (Å²) in [5.74, 6) is 0.668. The molecule has 0 saturated carbocycles. The van der Waals surface area contributed by atoms with Crippen molar-refractivity contribution >= 4 is 24.0 Å². The Labute approximate surface area is 142 Å². The summed E-state index contributed by atoms with van der Waals surface area (Å²) in [6.45, 7) is 2.35. The van der Waals surface area contributed by atoms with E-state index >= 15 is 0 Å². The Morgan fingerprint density at radius 3 is 2.65 bits per heavy atom. The van der Waals surface area contributed by atoms with Crippen LogP contribution in [0, 0.1) is 16.0 Å². The second kappa shape index (κ2) is 9.47. The maximum atomic E-state index is 12.2. The molecular weight excluding hydrogens is 318 g/mol. The van der Waals surface area contributed by atoms with Crippen LogP contribution in [0.5, 0.6) is 0 Å². The van der Waals surface area contributed by atoms with Gasteiger partial charge in [0.15, 0.2) is 0 Å². The Hall–Kier alpha value is -1.66. The predicted molar refractivity (Wildman–Crippen MR) is 91.6 cm³/mol. The first kappa shape index (κ1) is 19.4. The molecule has 0 aliphatic carbocycles. The molecule has 1 aliphatic heterocycles. The number of rotatable bonds is 6. The molecule has 128 valence electrons. The van der Waals surface area contributed by atoms with Crippen molar-refractivity contribution in [2.24, 2.45) is 5.92 Å². The Bertz CT molecular complexity index is 533. The van der Waals surface area contributed by atoms with Crippen LogP contribution < -0.4 is 5.32 Å². The topological polar surface area (TPSA) is 75.5 Å². The molecule has 0 spiro atoms. The number of nitrogens with one attached hydrogen (secondary N) is 1. The number of carbonyl (C=O) groups excluding carboxylic acids is 1. The standard InChI is InChI=1S/C16H23N3O3.ClH/c1-18(12-14-4-2-3-5-15(14)19(21)22)16(20)7-6-13-8-10-17-11-9-13;/h2-5,13,17H,6-12H2,1H3;1H. The van der Waals surface area contributed by atoms with Crippen molar-refractivity contribution in [2.45, 2.75) is 32.2 Å². The van der Waals surface area contributed by atoms with Crippen LogP contribution >= 0.6 is 12.4 Å². The summed E-state index contributed by atoms with van der Waals surface area (Å²) in [5, 5.41) is 14.3. The van der Waals surface area contributed by atoms with Crippen LogP contribution in [-0.4, -0.2) is 35.9 Å². The van der Waals surface area contributed by atoms with Gasteiger partial charge in [-0.3, -0.25) is 14.9 Å². The van der Waals surface area contributed by atoms with Crippen LogP contribution in [0.25, 0.3) is 0 Å². The van der Waals surface area contributed by atoms with Crippen LogP contribution in [-0.2, 0) is 11.3 Å². The van der Waals surface area contributed by atoms with Gasteiger partial charge in [-0.15, -0.1) is 12.4 Å². The molecule has 1 saturated heterocycles. The number of amides is 1. The van der Waals surface area contributed by atoms with Crippen molar-refractivity contribution in [2.75, 3.05) is 20.1 Å². The van der Waals surface area contributed by atoms with Gasteiger partial charge in [-0.05, 0) is 38.3 Å². The molecule has 1 aliphatic rings. The van der Waals surface area contributed by atoms with E-state index in [-0.39, 0.29) is 30.5 Å². The summed E-state index contributed by atoms with van der Waals surface area (Å²) in [6, 6.07) is 6.58. The zero-order chi connectivity index (χ0) is 15.9. The number of benzene rings is 1. The largest absolute Gasteiger partial charge is 0.341 e. The van der Waals surface area contributed by atoms with Crippen molar-refractivity contribution in [1.82, 2.24) is 10.2 Å². The minimum Gasteiger partial charge on any atom is -0.341 e. The lowest BCUT2D eigenvalue weighted by Crippen LogP contribution is -2.30. The Kier molecular flexibility index (Phi) is 7.98. The van der Waals surface area contributed by atoms with Gasteiger partial charge in [0.2, 0.25) is 5.91 Å². The predicted octanol–water partition coefficient (Wildman–Crippen LogP) is 2.75. The summed E-state index contributed by atoms with van der Waals surface area (Å²) < 4.78 is 0. The van der Waals surface area contributed by atoms with E-state index < -0.39 is 4.92 Å². The molecule has 1 heterocycles. The molecule has 0 aromatic heterocycles. The van der Waals surface area contributed by atoms with Crippen molar-refractivity contribution in [1.29, 1.82) is 0 Å². The molecule has 2 rings (SSSR count). The molecule has 1 fully saturated rings. The van der Waals surface area contributed by atoms with Gasteiger partial charge < -0.3 is 10.2 Å². The van der Waals surface area contributed by atoms with E-state index in [1.807, 2.05) is 0 Å². The Balaban J connectivity index is 0.00000264. The van der Waals surface area contributed by atoms with E-state index in [1.165, 1.54) is 6.07 Å². The second-order valence-electron chi connectivity index (χ2n) is 5.87. The number of hydrogen-bond donors (Lipinski definition) is 1. The third-order valence-electron chi connectivity index (χ3n) is 4.25. The van der Waals surface area contributed by atoms with E-state index in [4.69, 9.17) is 0 Å². The summed E-state index contributed by atoms with van der Waals surface area (Å²) in [5.41, 5.74) is 0.644. The minimum absolute atomic E-state index is 0. The summed E-state index contributed by atoms with van der Waals surface area (Å²) in [7, 11) is 1.71. The van der Waals surface area contributed by atoms with Gasteiger partial charge in [0.25, 0.3) is 5.69 Å². The number of carbonyl (C=O) groups is 1. The van der Waals surface area contributed by atoms with Gasteiger partial charge in [-0.25, -0.2) is 0 Å². The Morgan fingerprint density at radius 2 is 2.00 bits per heavy atom. The van der Waals surface area contributed by atoms with Crippen molar-refractivity contribution in [3.63, 3.8) is 0 Å². The third kappa shape index (κ3) is 5.80. The van der Waals surface area contributed by atoms with Gasteiger partial charge in [-0.1, -0.05) is 18.2 Å². The molecule has 0 radical (unpaired) electrons. The lowest BCUT2D eigenvalue weighted by molar-refractivity contribution is -0.385. The molecular formula is C16H24ClN3O3. The molecule has 0 atom stereocenters. The number of hydrogen-bond acceptors (Lipinski definition) is 4. The normalized spacial score (nSPS) is 14.8. The minimum atomic E-state index is -0.400. The van der Waals surface area contributed by atoms with E-state index in [1.54, 1.807) is 30.1 Å². The highest BCUT2D eigenvalue weighted by atomic mass is 35.5. The summed E-state index contributed by atoms with van der Waals surface area (Å²) in [6.07, 6.45) is 3.67. The first-order valence-electron chi connectivity index (χ1n) is 7.75. The highest BCUT2D eigenvalue weighted by molar-refractivity contribution is 5.85. The van der Waals surface area contributed by atoms with Crippen molar-refractivity contribution in [3.8, 4) is 0 Å². The fourth-order valence-corrected chi connectivity index (χ4v) is 2.86. The van der Waals surface area contributed by atoms with E-state index in [0.29, 0.717) is 17.9 Å². The van der Waals surface area contributed by atoms with E-state index in [0.717, 1.165) is 32.4 Å². The number of nitro benzene ring substituents is 1. The third-order valence-corrected chi connectivity index (χ3v) is 4.25. The van der Waals surface area contributed by atoms with E-state index in [9.17, 15) is 14.9 Å². The molecule has 1 N–H and O–H groups in total. The zero-order valence-electron chi connectivity index (χ0n) is 13.4.